The summed E-state index contributed by atoms with van der Waals surface area (Å²) in [6, 6.07) is 12.9. The Balaban J connectivity index is 2.02. The monoisotopic (exact) mass is 422 g/mol. The van der Waals surface area contributed by atoms with Gasteiger partial charge in [0.2, 0.25) is 0 Å². The summed E-state index contributed by atoms with van der Waals surface area (Å²) in [6.45, 7) is 3.47. The first-order valence-electron chi connectivity index (χ1n) is 9.25. The molecule has 1 N–H and O–H groups in total. The highest BCUT2D eigenvalue weighted by molar-refractivity contribution is 6.07. The van der Waals surface area contributed by atoms with Crippen molar-refractivity contribution in [3.05, 3.63) is 91.9 Å². The number of carbonyl (C=O) groups is 2. The molecule has 3 aromatic rings. The number of esters is 1. The van der Waals surface area contributed by atoms with Gasteiger partial charge in [-0.25, -0.2) is 4.79 Å². The quantitative estimate of drug-likeness (QED) is 0.367. The van der Waals surface area contributed by atoms with Crippen LogP contribution in [0.5, 0.6) is 0 Å². The summed E-state index contributed by atoms with van der Waals surface area (Å²) in [5, 5.41) is 17.4. The number of aromatic nitrogens is 2. The van der Waals surface area contributed by atoms with Crippen LogP contribution in [0.1, 0.15) is 33.3 Å². The molecule has 0 radical (unpaired) electrons. The number of anilines is 1. The molecule has 0 aliphatic carbocycles. The Kier molecular flexibility index (Phi) is 6.20. The van der Waals surface area contributed by atoms with E-state index in [4.69, 9.17) is 4.74 Å². The maximum absolute atomic E-state index is 12.7. The smallest absolute Gasteiger partial charge is 0.360 e. The molecule has 1 heterocycles. The van der Waals surface area contributed by atoms with E-state index in [0.717, 1.165) is 16.3 Å². The SMILES string of the molecule is CCOC(=O)c1nn(-c2ccccc2C)c(=O)cc1NC(=O)c1ccc([N+](=O)[O-])cc1. The zero-order valence-electron chi connectivity index (χ0n) is 16.7. The molecule has 158 valence electrons. The van der Waals surface area contributed by atoms with Crippen molar-refractivity contribution in [3.63, 3.8) is 0 Å². The Morgan fingerprint density at radius 3 is 2.45 bits per heavy atom. The first-order valence-corrected chi connectivity index (χ1v) is 9.25. The second-order valence-corrected chi connectivity index (χ2v) is 6.42. The third-order valence-electron chi connectivity index (χ3n) is 4.33. The molecule has 31 heavy (non-hydrogen) atoms. The van der Waals surface area contributed by atoms with Gasteiger partial charge in [-0.2, -0.15) is 9.78 Å². The highest BCUT2D eigenvalue weighted by Crippen LogP contribution is 2.18. The van der Waals surface area contributed by atoms with E-state index in [9.17, 15) is 24.5 Å². The van der Waals surface area contributed by atoms with Gasteiger partial charge in [-0.15, -0.1) is 0 Å². The topological polar surface area (TPSA) is 133 Å². The molecule has 0 aliphatic heterocycles. The second kappa shape index (κ2) is 8.99. The molecule has 0 aliphatic rings. The van der Waals surface area contributed by atoms with Crippen LogP contribution in [0.15, 0.2) is 59.4 Å². The van der Waals surface area contributed by atoms with E-state index in [2.05, 4.69) is 10.4 Å². The molecule has 3 rings (SSSR count). The van der Waals surface area contributed by atoms with Crippen molar-refractivity contribution in [2.75, 3.05) is 11.9 Å². The fourth-order valence-electron chi connectivity index (χ4n) is 2.80. The average molecular weight is 422 g/mol. The number of nitrogens with one attached hydrogen (secondary N) is 1. The highest BCUT2D eigenvalue weighted by Gasteiger charge is 2.21. The number of rotatable bonds is 6. The van der Waals surface area contributed by atoms with Gasteiger partial charge < -0.3 is 10.1 Å². The zero-order valence-corrected chi connectivity index (χ0v) is 16.7. The second-order valence-electron chi connectivity index (χ2n) is 6.42. The van der Waals surface area contributed by atoms with Crippen molar-refractivity contribution in [3.8, 4) is 5.69 Å². The Hall–Kier alpha value is -4.34. The number of hydrogen-bond donors (Lipinski definition) is 1. The number of non-ortho nitro benzene ring substituents is 1. The van der Waals surface area contributed by atoms with Crippen LogP contribution in [0.25, 0.3) is 5.69 Å². The Morgan fingerprint density at radius 1 is 1.16 bits per heavy atom. The molecule has 2 aromatic carbocycles. The largest absolute Gasteiger partial charge is 0.461 e. The third-order valence-corrected chi connectivity index (χ3v) is 4.33. The normalized spacial score (nSPS) is 10.4. The van der Waals surface area contributed by atoms with Crippen molar-refractivity contribution in [1.29, 1.82) is 0 Å². The first-order chi connectivity index (χ1) is 14.8. The Morgan fingerprint density at radius 2 is 1.84 bits per heavy atom. The molecule has 0 spiro atoms. The van der Waals surface area contributed by atoms with Gasteiger partial charge in [0.25, 0.3) is 17.2 Å². The van der Waals surface area contributed by atoms with Crippen LogP contribution in [0.4, 0.5) is 11.4 Å². The first kappa shape index (κ1) is 21.4. The maximum Gasteiger partial charge on any atom is 0.360 e. The van der Waals surface area contributed by atoms with E-state index in [-0.39, 0.29) is 29.2 Å². The minimum Gasteiger partial charge on any atom is -0.461 e. The summed E-state index contributed by atoms with van der Waals surface area (Å²) in [5.41, 5.74) is 0.216. The lowest BCUT2D eigenvalue weighted by Gasteiger charge is -2.13. The van der Waals surface area contributed by atoms with Crippen molar-refractivity contribution < 1.29 is 19.2 Å². The number of nitrogens with zero attached hydrogens (tertiary/aromatic N) is 3. The van der Waals surface area contributed by atoms with E-state index in [1.165, 1.54) is 24.3 Å². The highest BCUT2D eigenvalue weighted by atomic mass is 16.6. The van der Waals surface area contributed by atoms with Gasteiger partial charge in [0.1, 0.15) is 0 Å². The lowest BCUT2D eigenvalue weighted by atomic mass is 10.2. The maximum atomic E-state index is 12.7. The summed E-state index contributed by atoms with van der Waals surface area (Å²) in [4.78, 5) is 47.9. The fourth-order valence-corrected chi connectivity index (χ4v) is 2.80. The van der Waals surface area contributed by atoms with Gasteiger partial charge in [0.05, 0.1) is 22.9 Å². The molecule has 0 unspecified atom stereocenters. The standard InChI is InChI=1S/C21H18N4O6/c1-3-31-21(28)19-16(22-20(27)14-8-10-15(11-9-14)25(29)30)12-18(26)24(23-19)17-7-5-4-6-13(17)2/h4-12H,3H2,1-2H3,(H,22,27). The van der Waals surface area contributed by atoms with Crippen LogP contribution in [0, 0.1) is 17.0 Å². The number of nitro benzene ring substituents is 1. The zero-order chi connectivity index (χ0) is 22.5. The molecular formula is C21H18N4O6. The van der Waals surface area contributed by atoms with Crippen LogP contribution in [0.3, 0.4) is 0 Å². The van der Waals surface area contributed by atoms with Gasteiger partial charge in [0.15, 0.2) is 5.69 Å². The van der Waals surface area contributed by atoms with Crippen molar-refractivity contribution in [2.45, 2.75) is 13.8 Å². The van der Waals surface area contributed by atoms with E-state index >= 15 is 0 Å². The van der Waals surface area contributed by atoms with Crippen LogP contribution in [-0.2, 0) is 4.74 Å². The number of ether oxygens (including phenoxy) is 1. The number of hydrogen-bond acceptors (Lipinski definition) is 7. The van der Waals surface area contributed by atoms with E-state index in [0.29, 0.717) is 5.69 Å². The van der Waals surface area contributed by atoms with Gasteiger partial charge >= 0.3 is 5.97 Å². The number of amides is 1. The molecule has 0 fully saturated rings. The number of nitro groups is 1. The lowest BCUT2D eigenvalue weighted by molar-refractivity contribution is -0.384. The van der Waals surface area contributed by atoms with Crippen LogP contribution in [-0.4, -0.2) is 33.2 Å². The molecule has 1 amide bonds. The summed E-state index contributed by atoms with van der Waals surface area (Å²) >= 11 is 0. The number of aryl methyl sites for hydroxylation is 1. The number of benzene rings is 2. The molecule has 1 aromatic heterocycles. The fraction of sp³-hybridized carbons (Fsp3) is 0.143. The molecule has 10 nitrogen and oxygen atoms in total. The van der Waals surface area contributed by atoms with Crippen LogP contribution < -0.4 is 10.9 Å². The lowest BCUT2D eigenvalue weighted by Crippen LogP contribution is -2.27. The summed E-state index contributed by atoms with van der Waals surface area (Å²) < 4.78 is 6.07. The molecule has 10 heteroatoms. The molecule has 0 atom stereocenters. The Labute approximate surface area is 176 Å². The van der Waals surface area contributed by atoms with E-state index in [1.54, 1.807) is 38.1 Å². The average Bonchev–Trinajstić information content (AvgIpc) is 2.74. The predicted molar refractivity (Wildman–Crippen MR) is 112 cm³/mol. The van der Waals surface area contributed by atoms with Crippen molar-refractivity contribution in [1.82, 2.24) is 9.78 Å². The van der Waals surface area contributed by atoms with E-state index < -0.39 is 22.4 Å². The summed E-state index contributed by atoms with van der Waals surface area (Å²) in [6.07, 6.45) is 0. The Bertz CT molecular complexity index is 1220. The summed E-state index contributed by atoms with van der Waals surface area (Å²) in [5.74, 6) is -1.49. The van der Waals surface area contributed by atoms with Gasteiger partial charge in [-0.05, 0) is 37.6 Å². The number of para-hydroxylation sites is 1. The number of carbonyl (C=O) groups excluding carboxylic acids is 2. The molecular weight excluding hydrogens is 404 g/mol. The minimum atomic E-state index is -0.816. The van der Waals surface area contributed by atoms with Gasteiger partial charge in [0, 0.05) is 23.8 Å². The van der Waals surface area contributed by atoms with Crippen LogP contribution >= 0.6 is 0 Å². The van der Waals surface area contributed by atoms with Gasteiger partial charge in [-0.3, -0.25) is 19.7 Å². The summed E-state index contributed by atoms with van der Waals surface area (Å²) in [7, 11) is 0. The molecule has 0 saturated carbocycles. The predicted octanol–water partition coefficient (Wildman–Crippen LogP) is 2.88. The van der Waals surface area contributed by atoms with Crippen molar-refractivity contribution >= 4 is 23.3 Å². The van der Waals surface area contributed by atoms with Crippen LogP contribution in [0.2, 0.25) is 0 Å². The minimum absolute atomic E-state index is 0.0692. The van der Waals surface area contributed by atoms with Gasteiger partial charge in [-0.1, -0.05) is 18.2 Å². The molecule has 0 bridgehead atoms. The van der Waals surface area contributed by atoms with E-state index in [1.807, 2.05) is 0 Å². The molecule has 0 saturated heterocycles. The van der Waals surface area contributed by atoms with Crippen molar-refractivity contribution in [2.24, 2.45) is 0 Å². The third kappa shape index (κ3) is 4.64.